The minimum absolute atomic E-state index is 0. The van der Waals surface area contributed by atoms with Crippen LogP contribution in [0, 0.1) is 0 Å². The monoisotopic (exact) mass is 480 g/mol. The maximum absolute atomic E-state index is 4.24. The normalized spacial score (nSPS) is 11.1. The number of fused-ring (bicyclic) bond motifs is 1. The van der Waals surface area contributed by atoms with E-state index in [-0.39, 0.29) is 24.0 Å². The van der Waals surface area contributed by atoms with Gasteiger partial charge in [-0.2, -0.15) is 0 Å². The van der Waals surface area contributed by atoms with Gasteiger partial charge < -0.3 is 16.0 Å². The van der Waals surface area contributed by atoms with E-state index in [2.05, 4.69) is 36.1 Å². The highest BCUT2D eigenvalue weighted by molar-refractivity contribution is 14.0. The van der Waals surface area contributed by atoms with Crippen LogP contribution in [0.25, 0.3) is 5.65 Å². The fourth-order valence-corrected chi connectivity index (χ4v) is 2.54. The highest BCUT2D eigenvalue weighted by atomic mass is 127. The average Bonchev–Trinajstić information content (AvgIpc) is 3.11. The zero-order chi connectivity index (χ0) is 18.0. The van der Waals surface area contributed by atoms with Crippen molar-refractivity contribution >= 4 is 41.4 Å². The number of pyridine rings is 2. The first-order valence-corrected chi connectivity index (χ1v) is 8.75. The van der Waals surface area contributed by atoms with E-state index in [1.807, 2.05) is 47.0 Å². The summed E-state index contributed by atoms with van der Waals surface area (Å²) in [4.78, 5) is 8.48. The Balaban J connectivity index is 0.00000261. The minimum atomic E-state index is 0. The summed E-state index contributed by atoms with van der Waals surface area (Å²) in [6.07, 6.45) is 5.83. The Kier molecular flexibility index (Phi) is 8.75. The van der Waals surface area contributed by atoms with Crippen LogP contribution in [-0.4, -0.2) is 45.7 Å². The number of unbranched alkanes of at least 4 members (excludes halogenated alkanes) is 1. The summed E-state index contributed by atoms with van der Waals surface area (Å²) in [6, 6.07) is 11.7. The van der Waals surface area contributed by atoms with E-state index in [9.17, 15) is 0 Å². The van der Waals surface area contributed by atoms with Gasteiger partial charge in [0, 0.05) is 32.5 Å². The second kappa shape index (κ2) is 11.3. The summed E-state index contributed by atoms with van der Waals surface area (Å²) < 4.78 is 1.96. The second-order valence-electron chi connectivity index (χ2n) is 5.75. The zero-order valence-electron chi connectivity index (χ0n) is 15.3. The molecule has 0 aliphatic heterocycles. The zero-order valence-corrected chi connectivity index (χ0v) is 17.6. The summed E-state index contributed by atoms with van der Waals surface area (Å²) in [7, 11) is 1.76. The molecule has 0 unspecified atom stereocenters. The lowest BCUT2D eigenvalue weighted by Gasteiger charge is -2.11. The molecule has 0 spiro atoms. The Morgan fingerprint density at radius 3 is 2.70 bits per heavy atom. The van der Waals surface area contributed by atoms with E-state index in [0.29, 0.717) is 6.54 Å². The number of anilines is 1. The third-order valence-corrected chi connectivity index (χ3v) is 3.89. The van der Waals surface area contributed by atoms with E-state index in [0.717, 1.165) is 49.2 Å². The molecule has 0 amide bonds. The first-order valence-electron chi connectivity index (χ1n) is 8.75. The number of hydrogen-bond acceptors (Lipinski definition) is 5. The van der Waals surface area contributed by atoms with Gasteiger partial charge in [-0.3, -0.25) is 9.39 Å². The Morgan fingerprint density at radius 2 is 1.89 bits per heavy atom. The number of nitrogens with zero attached hydrogens (tertiary/aromatic N) is 5. The van der Waals surface area contributed by atoms with E-state index in [4.69, 9.17) is 0 Å². The fourth-order valence-electron chi connectivity index (χ4n) is 2.54. The standard InChI is InChI=1S/C18H24N8.HI/c1-19-18(22-12-6-5-11-21-15-8-2-4-10-20-15)23-14-17-25-24-16-9-3-7-13-26(16)17;/h2-4,7-10,13H,5-6,11-12,14H2,1H3,(H,20,21)(H2,19,22,23);1H. The molecule has 3 rings (SSSR count). The number of aromatic nitrogens is 4. The van der Waals surface area contributed by atoms with Gasteiger partial charge >= 0.3 is 0 Å². The van der Waals surface area contributed by atoms with Crippen molar-refractivity contribution in [1.29, 1.82) is 0 Å². The van der Waals surface area contributed by atoms with Crippen molar-refractivity contribution < 1.29 is 0 Å². The predicted octanol–water partition coefficient (Wildman–Crippen LogP) is 2.30. The van der Waals surface area contributed by atoms with Crippen molar-refractivity contribution in [3.63, 3.8) is 0 Å². The molecule has 0 aliphatic carbocycles. The van der Waals surface area contributed by atoms with Crippen LogP contribution in [0.4, 0.5) is 5.82 Å². The smallest absolute Gasteiger partial charge is 0.191 e. The van der Waals surface area contributed by atoms with Crippen LogP contribution >= 0.6 is 24.0 Å². The highest BCUT2D eigenvalue weighted by Gasteiger charge is 2.05. The van der Waals surface area contributed by atoms with Crippen molar-refractivity contribution in [2.45, 2.75) is 19.4 Å². The van der Waals surface area contributed by atoms with Crippen LogP contribution < -0.4 is 16.0 Å². The first kappa shape index (κ1) is 20.9. The van der Waals surface area contributed by atoms with Gasteiger partial charge in [0.05, 0.1) is 6.54 Å². The van der Waals surface area contributed by atoms with Crippen LogP contribution in [0.5, 0.6) is 0 Å². The molecule has 144 valence electrons. The van der Waals surface area contributed by atoms with E-state index < -0.39 is 0 Å². The molecule has 3 aromatic rings. The Labute approximate surface area is 175 Å². The Bertz CT molecular complexity index is 834. The summed E-state index contributed by atoms with van der Waals surface area (Å²) in [5.41, 5.74) is 0.840. The van der Waals surface area contributed by atoms with E-state index >= 15 is 0 Å². The topological polar surface area (TPSA) is 91.5 Å². The summed E-state index contributed by atoms with van der Waals surface area (Å²) in [5.74, 6) is 2.52. The van der Waals surface area contributed by atoms with Crippen LogP contribution in [0.2, 0.25) is 0 Å². The first-order chi connectivity index (χ1) is 12.9. The van der Waals surface area contributed by atoms with Gasteiger partial charge in [-0.15, -0.1) is 34.2 Å². The van der Waals surface area contributed by atoms with Crippen molar-refractivity contribution in [2.24, 2.45) is 4.99 Å². The number of aliphatic imine (C=N–C) groups is 1. The van der Waals surface area contributed by atoms with Gasteiger partial charge in [-0.05, 0) is 37.1 Å². The molecule has 0 bridgehead atoms. The highest BCUT2D eigenvalue weighted by Crippen LogP contribution is 2.02. The molecular formula is C18H25IN8. The van der Waals surface area contributed by atoms with Crippen LogP contribution in [0.1, 0.15) is 18.7 Å². The third-order valence-electron chi connectivity index (χ3n) is 3.89. The second-order valence-corrected chi connectivity index (χ2v) is 5.75. The molecule has 9 heteroatoms. The molecule has 0 fully saturated rings. The maximum Gasteiger partial charge on any atom is 0.191 e. The number of guanidine groups is 1. The summed E-state index contributed by atoms with van der Waals surface area (Å²) in [6.45, 7) is 2.31. The van der Waals surface area contributed by atoms with E-state index in [1.54, 1.807) is 13.2 Å². The molecule has 0 aliphatic rings. The van der Waals surface area contributed by atoms with E-state index in [1.165, 1.54) is 0 Å². The number of rotatable bonds is 8. The molecule has 0 aromatic carbocycles. The van der Waals surface area contributed by atoms with Crippen molar-refractivity contribution in [2.75, 3.05) is 25.5 Å². The average molecular weight is 480 g/mol. The molecule has 0 saturated heterocycles. The van der Waals surface area contributed by atoms with Crippen LogP contribution in [0.15, 0.2) is 53.8 Å². The SMILES string of the molecule is CN=C(NCCCCNc1ccccn1)NCc1nnc2ccccn12.I. The Hall–Kier alpha value is -2.43. The molecule has 0 atom stereocenters. The number of halogens is 1. The van der Waals surface area contributed by atoms with Crippen molar-refractivity contribution in [3.05, 3.63) is 54.6 Å². The molecular weight excluding hydrogens is 455 g/mol. The predicted molar refractivity (Wildman–Crippen MR) is 119 cm³/mol. The number of hydrogen-bond donors (Lipinski definition) is 3. The van der Waals surface area contributed by atoms with Crippen LogP contribution in [-0.2, 0) is 6.54 Å². The van der Waals surface area contributed by atoms with Crippen molar-refractivity contribution in [3.8, 4) is 0 Å². The largest absolute Gasteiger partial charge is 0.370 e. The molecule has 8 nitrogen and oxygen atoms in total. The molecule has 0 radical (unpaired) electrons. The lowest BCUT2D eigenvalue weighted by molar-refractivity contribution is 0.703. The van der Waals surface area contributed by atoms with Gasteiger partial charge in [0.2, 0.25) is 0 Å². The minimum Gasteiger partial charge on any atom is -0.370 e. The molecule has 27 heavy (non-hydrogen) atoms. The molecule has 3 N–H and O–H groups in total. The lowest BCUT2D eigenvalue weighted by atomic mass is 10.3. The molecule has 3 aromatic heterocycles. The quantitative estimate of drug-likeness (QED) is 0.198. The maximum atomic E-state index is 4.24. The van der Waals surface area contributed by atoms with Gasteiger partial charge in [0.15, 0.2) is 17.4 Å². The molecule has 0 saturated carbocycles. The van der Waals surface area contributed by atoms with Gasteiger partial charge in [-0.1, -0.05) is 12.1 Å². The lowest BCUT2D eigenvalue weighted by Crippen LogP contribution is -2.37. The van der Waals surface area contributed by atoms with Gasteiger partial charge in [-0.25, -0.2) is 4.98 Å². The molecule has 3 heterocycles. The summed E-state index contributed by atoms with van der Waals surface area (Å²) in [5, 5.41) is 18.2. The van der Waals surface area contributed by atoms with Gasteiger partial charge in [0.1, 0.15) is 5.82 Å². The van der Waals surface area contributed by atoms with Gasteiger partial charge in [0.25, 0.3) is 0 Å². The fraction of sp³-hybridized carbons (Fsp3) is 0.333. The number of nitrogens with one attached hydrogen (secondary N) is 3. The summed E-state index contributed by atoms with van der Waals surface area (Å²) >= 11 is 0. The van der Waals surface area contributed by atoms with Crippen LogP contribution in [0.3, 0.4) is 0 Å². The third kappa shape index (κ3) is 6.35. The van der Waals surface area contributed by atoms with Crippen molar-refractivity contribution in [1.82, 2.24) is 30.2 Å². The Morgan fingerprint density at radius 1 is 1.04 bits per heavy atom.